The fourth-order valence-electron chi connectivity index (χ4n) is 5.09. The summed E-state index contributed by atoms with van der Waals surface area (Å²) in [7, 11) is 0. The molecule has 1 fully saturated rings. The first-order valence-electron chi connectivity index (χ1n) is 12.7. The lowest BCUT2D eigenvalue weighted by Crippen LogP contribution is -2.31. The van der Waals surface area contributed by atoms with Crippen molar-refractivity contribution in [2.75, 3.05) is 19.6 Å². The molecule has 0 amide bonds. The Kier molecular flexibility index (Phi) is 7.77. The predicted molar refractivity (Wildman–Crippen MR) is 145 cm³/mol. The third-order valence-electron chi connectivity index (χ3n) is 7.15. The molecule has 37 heavy (non-hydrogen) atoms. The maximum Gasteiger partial charge on any atom is 0.274 e. The van der Waals surface area contributed by atoms with E-state index in [0.717, 1.165) is 49.0 Å². The number of benzene rings is 3. The summed E-state index contributed by atoms with van der Waals surface area (Å²) in [5, 5.41) is 7.16. The van der Waals surface area contributed by atoms with Gasteiger partial charge in [0.05, 0.1) is 17.1 Å². The topological polar surface area (TPSA) is 55.2 Å². The van der Waals surface area contributed by atoms with Gasteiger partial charge in [-0.15, -0.1) is 0 Å². The van der Waals surface area contributed by atoms with Gasteiger partial charge in [0.2, 0.25) is 0 Å². The highest BCUT2D eigenvalue weighted by Gasteiger charge is 2.22. The van der Waals surface area contributed by atoms with Crippen molar-refractivity contribution in [3.63, 3.8) is 0 Å². The van der Waals surface area contributed by atoms with E-state index in [0.29, 0.717) is 35.4 Å². The van der Waals surface area contributed by atoms with Crippen LogP contribution in [0.2, 0.25) is 5.02 Å². The van der Waals surface area contributed by atoms with Gasteiger partial charge in [-0.2, -0.15) is 5.10 Å². The van der Waals surface area contributed by atoms with E-state index in [1.54, 1.807) is 4.68 Å². The van der Waals surface area contributed by atoms with Crippen molar-refractivity contribution in [3.8, 4) is 0 Å². The van der Waals surface area contributed by atoms with Gasteiger partial charge >= 0.3 is 0 Å². The average molecular weight is 518 g/mol. The van der Waals surface area contributed by atoms with E-state index in [1.807, 2.05) is 48.5 Å². The minimum absolute atomic E-state index is 0.00104. The van der Waals surface area contributed by atoms with Crippen molar-refractivity contribution in [1.29, 1.82) is 0 Å². The summed E-state index contributed by atoms with van der Waals surface area (Å²) in [6, 6.07) is 21.1. The third kappa shape index (κ3) is 5.97. The Labute approximate surface area is 220 Å². The first-order chi connectivity index (χ1) is 18.0. The van der Waals surface area contributed by atoms with Gasteiger partial charge < -0.3 is 4.90 Å². The molecule has 5 nitrogen and oxygen atoms in total. The number of ketones is 1. The Morgan fingerprint density at radius 2 is 1.68 bits per heavy atom. The molecule has 1 saturated heterocycles. The van der Waals surface area contributed by atoms with Crippen molar-refractivity contribution < 1.29 is 9.18 Å². The monoisotopic (exact) mass is 517 g/mol. The summed E-state index contributed by atoms with van der Waals surface area (Å²) in [4.78, 5) is 28.3. The SMILES string of the molecule is O=C(CCN1CCCC(n2nc(Cc3ccc(Cl)cc3)c3ccccc3c2=O)CC1)c1ccc(F)cc1. The lowest BCUT2D eigenvalue weighted by molar-refractivity contribution is 0.0964. The molecule has 4 aromatic rings. The van der Waals surface area contributed by atoms with Crippen LogP contribution in [0, 0.1) is 5.82 Å². The van der Waals surface area contributed by atoms with Crippen LogP contribution in [0.5, 0.6) is 0 Å². The molecule has 5 rings (SSSR count). The molecule has 1 aliphatic heterocycles. The van der Waals surface area contributed by atoms with Crippen molar-refractivity contribution in [2.45, 2.75) is 38.1 Å². The fourth-order valence-corrected chi connectivity index (χ4v) is 5.22. The minimum atomic E-state index is -0.344. The average Bonchev–Trinajstić information content (AvgIpc) is 3.16. The molecule has 3 aromatic carbocycles. The standard InChI is InChI=1S/C30H29ClFN3O2/c31-23-11-7-21(8-12-23)20-28-26-5-1-2-6-27(26)30(37)35(33-28)25-4-3-17-34(18-15-25)19-16-29(36)22-9-13-24(32)14-10-22/h1-2,5-14,25H,3-4,15-20H2. The van der Waals surface area contributed by atoms with Crippen molar-refractivity contribution in [2.24, 2.45) is 0 Å². The Morgan fingerprint density at radius 1 is 0.946 bits per heavy atom. The zero-order valence-corrected chi connectivity index (χ0v) is 21.3. The van der Waals surface area contributed by atoms with Crippen LogP contribution in [0.4, 0.5) is 4.39 Å². The molecular weight excluding hydrogens is 489 g/mol. The van der Waals surface area contributed by atoms with E-state index in [1.165, 1.54) is 24.3 Å². The van der Waals surface area contributed by atoms with Gasteiger partial charge in [0.1, 0.15) is 5.82 Å². The van der Waals surface area contributed by atoms with Gasteiger partial charge in [0.15, 0.2) is 5.78 Å². The molecule has 0 bridgehead atoms. The Hall–Kier alpha value is -3.35. The van der Waals surface area contributed by atoms with Crippen LogP contribution in [-0.2, 0) is 6.42 Å². The minimum Gasteiger partial charge on any atom is -0.303 e. The van der Waals surface area contributed by atoms with Crippen LogP contribution in [0.15, 0.2) is 77.6 Å². The molecule has 190 valence electrons. The van der Waals surface area contributed by atoms with Crippen molar-refractivity contribution in [1.82, 2.24) is 14.7 Å². The molecule has 1 aromatic heterocycles. The van der Waals surface area contributed by atoms with E-state index in [9.17, 15) is 14.0 Å². The summed E-state index contributed by atoms with van der Waals surface area (Å²) >= 11 is 6.06. The van der Waals surface area contributed by atoms with Crippen LogP contribution in [0.3, 0.4) is 0 Å². The van der Waals surface area contributed by atoms with Gasteiger partial charge in [-0.05, 0) is 73.8 Å². The number of likely N-dealkylation sites (tertiary alicyclic amines) is 1. The van der Waals surface area contributed by atoms with Gasteiger partial charge in [-0.25, -0.2) is 9.07 Å². The second kappa shape index (κ2) is 11.4. The predicted octanol–water partition coefficient (Wildman–Crippen LogP) is 6.08. The highest BCUT2D eigenvalue weighted by Crippen LogP contribution is 2.24. The Bertz CT molecular complexity index is 1450. The lowest BCUT2D eigenvalue weighted by atomic mass is 10.0. The van der Waals surface area contributed by atoms with Crippen molar-refractivity contribution >= 4 is 28.2 Å². The summed E-state index contributed by atoms with van der Waals surface area (Å²) in [6.07, 6.45) is 3.56. The van der Waals surface area contributed by atoms with E-state index in [2.05, 4.69) is 4.90 Å². The highest BCUT2D eigenvalue weighted by atomic mass is 35.5. The number of carbonyl (C=O) groups excluding carboxylic acids is 1. The Balaban J connectivity index is 1.32. The number of hydrogen-bond acceptors (Lipinski definition) is 4. The first-order valence-corrected chi connectivity index (χ1v) is 13.1. The summed E-state index contributed by atoms with van der Waals surface area (Å²) in [5.41, 5.74) is 2.45. The number of hydrogen-bond donors (Lipinski definition) is 0. The number of aromatic nitrogens is 2. The van der Waals surface area contributed by atoms with Gasteiger partial charge in [-0.1, -0.05) is 41.9 Å². The van der Waals surface area contributed by atoms with Crippen LogP contribution in [0.1, 0.15) is 53.3 Å². The van der Waals surface area contributed by atoms with E-state index < -0.39 is 0 Å². The van der Waals surface area contributed by atoms with E-state index in [-0.39, 0.29) is 23.2 Å². The second-order valence-corrected chi connectivity index (χ2v) is 10.1. The first kappa shape index (κ1) is 25.3. The van der Waals surface area contributed by atoms with Crippen LogP contribution >= 0.6 is 11.6 Å². The molecule has 0 aliphatic carbocycles. The van der Waals surface area contributed by atoms with Gasteiger partial charge in [0.25, 0.3) is 5.56 Å². The van der Waals surface area contributed by atoms with Crippen LogP contribution in [-0.4, -0.2) is 40.1 Å². The number of fused-ring (bicyclic) bond motifs is 1. The van der Waals surface area contributed by atoms with E-state index >= 15 is 0 Å². The maximum absolute atomic E-state index is 13.5. The largest absolute Gasteiger partial charge is 0.303 e. The molecule has 0 radical (unpaired) electrons. The highest BCUT2D eigenvalue weighted by molar-refractivity contribution is 6.30. The zero-order chi connectivity index (χ0) is 25.8. The third-order valence-corrected chi connectivity index (χ3v) is 7.40. The summed E-state index contributed by atoms with van der Waals surface area (Å²) < 4.78 is 14.9. The fraction of sp³-hybridized carbons (Fsp3) is 0.300. The molecule has 2 heterocycles. The van der Waals surface area contributed by atoms with Gasteiger partial charge in [-0.3, -0.25) is 9.59 Å². The summed E-state index contributed by atoms with van der Waals surface area (Å²) in [5.74, 6) is -0.330. The quantitative estimate of drug-likeness (QED) is 0.279. The molecule has 0 N–H and O–H groups in total. The molecule has 1 unspecified atom stereocenters. The summed E-state index contributed by atoms with van der Waals surface area (Å²) in [6.45, 7) is 2.30. The zero-order valence-electron chi connectivity index (χ0n) is 20.6. The number of carbonyl (C=O) groups is 1. The number of halogens is 2. The number of Topliss-reactive ketones (excluding diaryl/α,β-unsaturated/α-hetero) is 1. The molecule has 1 atom stereocenters. The molecule has 0 spiro atoms. The number of nitrogens with zero attached hydrogens (tertiary/aromatic N) is 3. The van der Waals surface area contributed by atoms with E-state index in [4.69, 9.17) is 16.7 Å². The normalized spacial score (nSPS) is 16.5. The molecular formula is C30H29ClFN3O2. The number of rotatable bonds is 7. The lowest BCUT2D eigenvalue weighted by Gasteiger charge is -2.21. The molecule has 1 aliphatic rings. The molecule has 7 heteroatoms. The Morgan fingerprint density at radius 3 is 2.43 bits per heavy atom. The van der Waals surface area contributed by atoms with Crippen LogP contribution in [0.25, 0.3) is 10.8 Å². The van der Waals surface area contributed by atoms with Gasteiger partial charge in [0, 0.05) is 41.9 Å². The second-order valence-electron chi connectivity index (χ2n) is 9.65. The van der Waals surface area contributed by atoms with Crippen molar-refractivity contribution in [3.05, 3.63) is 111 Å². The smallest absolute Gasteiger partial charge is 0.274 e. The molecule has 0 saturated carbocycles. The van der Waals surface area contributed by atoms with Crippen LogP contribution < -0.4 is 5.56 Å². The maximum atomic E-state index is 13.5.